The predicted octanol–water partition coefficient (Wildman–Crippen LogP) is 2.23. The number of phenolic OH excluding ortho intramolecular Hbond substituents is 1. The van der Waals surface area contributed by atoms with Gasteiger partial charge in [0.05, 0.1) is 11.9 Å². The van der Waals surface area contributed by atoms with Gasteiger partial charge < -0.3 is 5.11 Å². The number of pyridine rings is 1. The number of hydrogen-bond donors (Lipinski definition) is 2. The lowest BCUT2D eigenvalue weighted by molar-refractivity contribution is 0.474. The molecule has 2 aromatic rings. The number of aromatic hydroxyl groups is 1. The molecule has 0 aliphatic carbocycles. The lowest BCUT2D eigenvalue weighted by Crippen LogP contribution is -1.90. The van der Waals surface area contributed by atoms with Crippen molar-refractivity contribution in [3.05, 3.63) is 54.4 Å². The predicted molar refractivity (Wildman–Crippen MR) is 63.6 cm³/mol. The molecule has 1 aromatic heterocycles. The van der Waals surface area contributed by atoms with Crippen LogP contribution in [0.2, 0.25) is 0 Å². The number of phenols is 1. The van der Waals surface area contributed by atoms with Crippen molar-refractivity contribution >= 4 is 11.9 Å². The fourth-order valence-corrected chi connectivity index (χ4v) is 1.20. The minimum Gasteiger partial charge on any atom is -0.507 e. The van der Waals surface area contributed by atoms with Gasteiger partial charge in [0.2, 0.25) is 0 Å². The maximum Gasteiger partial charge on any atom is 0.124 e. The first-order chi connectivity index (χ1) is 7.86. The summed E-state index contributed by atoms with van der Waals surface area (Å²) < 4.78 is 0. The zero-order chi connectivity index (χ0) is 11.2. The Hall–Kier alpha value is -2.36. The Balaban J connectivity index is 2.03. The lowest BCUT2D eigenvalue weighted by atomic mass is 10.2. The quantitative estimate of drug-likeness (QED) is 0.607. The highest BCUT2D eigenvalue weighted by molar-refractivity contribution is 5.83. The van der Waals surface area contributed by atoms with Crippen LogP contribution in [-0.4, -0.2) is 16.3 Å². The molecule has 2 rings (SSSR count). The van der Waals surface area contributed by atoms with Gasteiger partial charge in [-0.1, -0.05) is 12.1 Å². The van der Waals surface area contributed by atoms with Crippen molar-refractivity contribution in [2.45, 2.75) is 0 Å². The summed E-state index contributed by atoms with van der Waals surface area (Å²) in [5, 5.41) is 13.5. The third-order valence-corrected chi connectivity index (χ3v) is 2.01. The molecule has 0 atom stereocenters. The summed E-state index contributed by atoms with van der Waals surface area (Å²) in [7, 11) is 0. The van der Waals surface area contributed by atoms with Crippen molar-refractivity contribution in [1.82, 2.24) is 4.98 Å². The third-order valence-electron chi connectivity index (χ3n) is 2.01. The number of hydrogen-bond acceptors (Lipinski definition) is 4. The molecule has 0 unspecified atom stereocenters. The van der Waals surface area contributed by atoms with Gasteiger partial charge in [-0.15, -0.1) is 0 Å². The molecule has 16 heavy (non-hydrogen) atoms. The van der Waals surface area contributed by atoms with Crippen molar-refractivity contribution in [3.63, 3.8) is 0 Å². The Morgan fingerprint density at radius 1 is 1.12 bits per heavy atom. The number of benzene rings is 1. The minimum absolute atomic E-state index is 0.211. The van der Waals surface area contributed by atoms with E-state index in [-0.39, 0.29) is 5.75 Å². The van der Waals surface area contributed by atoms with Crippen LogP contribution in [0.25, 0.3) is 0 Å². The average molecular weight is 213 g/mol. The summed E-state index contributed by atoms with van der Waals surface area (Å²) in [6.45, 7) is 0. The van der Waals surface area contributed by atoms with Crippen LogP contribution in [0.1, 0.15) is 5.56 Å². The molecule has 1 aromatic carbocycles. The molecule has 0 aliphatic heterocycles. The van der Waals surface area contributed by atoms with E-state index in [0.29, 0.717) is 5.56 Å². The molecule has 0 saturated carbocycles. The van der Waals surface area contributed by atoms with Crippen molar-refractivity contribution in [3.8, 4) is 5.75 Å². The monoisotopic (exact) mass is 213 g/mol. The molecule has 2 N–H and O–H groups in total. The molecular formula is C12H11N3O. The molecule has 0 amide bonds. The third kappa shape index (κ3) is 2.57. The maximum absolute atomic E-state index is 9.48. The van der Waals surface area contributed by atoms with Gasteiger partial charge >= 0.3 is 0 Å². The second-order valence-electron chi connectivity index (χ2n) is 3.16. The summed E-state index contributed by atoms with van der Waals surface area (Å²) in [6, 6.07) is 10.6. The van der Waals surface area contributed by atoms with E-state index in [9.17, 15) is 5.11 Å². The normalized spacial score (nSPS) is 10.5. The van der Waals surface area contributed by atoms with Gasteiger partial charge in [-0.2, -0.15) is 5.10 Å². The molecule has 0 bridgehead atoms. The van der Waals surface area contributed by atoms with Crippen LogP contribution in [-0.2, 0) is 0 Å². The average Bonchev–Trinajstić information content (AvgIpc) is 2.33. The molecule has 4 heteroatoms. The van der Waals surface area contributed by atoms with E-state index < -0.39 is 0 Å². The van der Waals surface area contributed by atoms with Gasteiger partial charge in [0.15, 0.2) is 0 Å². The summed E-state index contributed by atoms with van der Waals surface area (Å²) in [6.07, 6.45) is 4.92. The SMILES string of the molecule is Oc1ccccc1/C=N\Nc1ccncc1. The Kier molecular flexibility index (Phi) is 3.13. The van der Waals surface area contributed by atoms with Gasteiger partial charge in [-0.05, 0) is 24.3 Å². The first kappa shape index (κ1) is 10.2. The molecule has 1 heterocycles. The van der Waals surface area contributed by atoms with Crippen molar-refractivity contribution < 1.29 is 5.11 Å². The number of aromatic nitrogens is 1. The summed E-state index contributed by atoms with van der Waals surface area (Å²) in [4.78, 5) is 3.89. The van der Waals surface area contributed by atoms with E-state index in [1.165, 1.54) is 0 Å². The van der Waals surface area contributed by atoms with Crippen molar-refractivity contribution in [2.75, 3.05) is 5.43 Å². The van der Waals surface area contributed by atoms with Gasteiger partial charge in [-0.25, -0.2) is 0 Å². The Labute approximate surface area is 93.3 Å². The van der Waals surface area contributed by atoms with Gasteiger partial charge in [0, 0.05) is 18.0 Å². The number of anilines is 1. The smallest absolute Gasteiger partial charge is 0.124 e. The fraction of sp³-hybridized carbons (Fsp3) is 0. The van der Waals surface area contributed by atoms with Crippen LogP contribution in [0, 0.1) is 0 Å². The number of nitrogens with one attached hydrogen (secondary N) is 1. The van der Waals surface area contributed by atoms with Crippen LogP contribution in [0.15, 0.2) is 53.9 Å². The highest BCUT2D eigenvalue weighted by atomic mass is 16.3. The minimum atomic E-state index is 0.211. The van der Waals surface area contributed by atoms with E-state index in [0.717, 1.165) is 5.69 Å². The summed E-state index contributed by atoms with van der Waals surface area (Å²) >= 11 is 0. The summed E-state index contributed by atoms with van der Waals surface area (Å²) in [5.74, 6) is 0.211. The van der Waals surface area contributed by atoms with Crippen LogP contribution < -0.4 is 5.43 Å². The largest absolute Gasteiger partial charge is 0.507 e. The van der Waals surface area contributed by atoms with Crippen LogP contribution in [0.5, 0.6) is 5.75 Å². The van der Waals surface area contributed by atoms with E-state index in [1.807, 2.05) is 18.2 Å². The summed E-state index contributed by atoms with van der Waals surface area (Å²) in [5.41, 5.74) is 4.36. The number of nitrogens with zero attached hydrogens (tertiary/aromatic N) is 2. The highest BCUT2D eigenvalue weighted by Gasteiger charge is 1.94. The lowest BCUT2D eigenvalue weighted by Gasteiger charge is -1.99. The molecule has 80 valence electrons. The number of para-hydroxylation sites is 1. The molecule has 0 fully saturated rings. The molecule has 4 nitrogen and oxygen atoms in total. The maximum atomic E-state index is 9.48. The highest BCUT2D eigenvalue weighted by Crippen LogP contribution is 2.12. The van der Waals surface area contributed by atoms with Crippen LogP contribution in [0.4, 0.5) is 5.69 Å². The topological polar surface area (TPSA) is 57.5 Å². The van der Waals surface area contributed by atoms with Crippen LogP contribution in [0.3, 0.4) is 0 Å². The van der Waals surface area contributed by atoms with Gasteiger partial charge in [0.25, 0.3) is 0 Å². The van der Waals surface area contributed by atoms with E-state index >= 15 is 0 Å². The Morgan fingerprint density at radius 2 is 1.88 bits per heavy atom. The number of hydrazone groups is 1. The van der Waals surface area contributed by atoms with Gasteiger partial charge in [0.1, 0.15) is 5.75 Å². The Bertz CT molecular complexity index is 483. The molecule has 0 saturated heterocycles. The molecular weight excluding hydrogens is 202 g/mol. The van der Waals surface area contributed by atoms with Crippen LogP contribution >= 0.6 is 0 Å². The molecule has 0 spiro atoms. The Morgan fingerprint density at radius 3 is 2.62 bits per heavy atom. The zero-order valence-electron chi connectivity index (χ0n) is 8.54. The van der Waals surface area contributed by atoms with Gasteiger partial charge in [-0.3, -0.25) is 10.4 Å². The first-order valence-electron chi connectivity index (χ1n) is 4.83. The number of rotatable bonds is 3. The molecule has 0 radical (unpaired) electrons. The second kappa shape index (κ2) is 4.93. The van der Waals surface area contributed by atoms with E-state index in [4.69, 9.17) is 0 Å². The standard InChI is InChI=1S/C12H11N3O/c16-12-4-2-1-3-10(12)9-14-15-11-5-7-13-8-6-11/h1-9,16H,(H,13,15)/b14-9-. The first-order valence-corrected chi connectivity index (χ1v) is 4.83. The zero-order valence-corrected chi connectivity index (χ0v) is 8.54. The fourth-order valence-electron chi connectivity index (χ4n) is 1.20. The van der Waals surface area contributed by atoms with E-state index in [2.05, 4.69) is 15.5 Å². The molecule has 0 aliphatic rings. The van der Waals surface area contributed by atoms with Crippen molar-refractivity contribution in [1.29, 1.82) is 0 Å². The second-order valence-corrected chi connectivity index (χ2v) is 3.16. The van der Waals surface area contributed by atoms with Crippen molar-refractivity contribution in [2.24, 2.45) is 5.10 Å². The van der Waals surface area contributed by atoms with E-state index in [1.54, 1.807) is 36.8 Å².